The van der Waals surface area contributed by atoms with Crippen molar-refractivity contribution in [3.8, 4) is 11.5 Å². The van der Waals surface area contributed by atoms with Gasteiger partial charge in [-0.15, -0.1) is 0 Å². The third kappa shape index (κ3) is 3.48. The molecule has 0 spiro atoms. The molecular weight excluding hydrogens is 290 g/mol. The smallest absolute Gasteiger partial charge is 0.342 e. The normalized spacial score (nSPS) is 18.1. The van der Waals surface area contributed by atoms with Crippen LogP contribution in [-0.4, -0.2) is 59.4 Å². The number of carbonyl (C=O) groups is 2. The van der Waals surface area contributed by atoms with Crippen LogP contribution in [0.4, 0.5) is 0 Å². The number of esters is 1. The monoisotopic (exact) mass is 309 g/mol. The summed E-state index contributed by atoms with van der Waals surface area (Å²) in [6.45, 7) is 4.39. The topological polar surface area (TPSA) is 96.3 Å². The third-order valence-corrected chi connectivity index (χ3v) is 3.49. The lowest BCUT2D eigenvalue weighted by atomic mass is 10.1. The molecule has 2 rings (SSSR count). The van der Waals surface area contributed by atoms with Crippen LogP contribution in [-0.2, 0) is 14.3 Å². The average Bonchev–Trinajstić information content (AvgIpc) is 2.50. The van der Waals surface area contributed by atoms with Crippen molar-refractivity contribution in [3.63, 3.8) is 0 Å². The molecule has 1 atom stereocenters. The lowest BCUT2D eigenvalue weighted by Gasteiger charge is -2.30. The number of rotatable bonds is 3. The largest absolute Gasteiger partial charge is 0.504 e. The number of nitrogens with zero attached hydrogens (tertiary/aromatic N) is 1. The Morgan fingerprint density at radius 2 is 2.09 bits per heavy atom. The van der Waals surface area contributed by atoms with E-state index < -0.39 is 18.3 Å². The second kappa shape index (κ2) is 6.65. The number of aromatic hydroxyl groups is 2. The Labute approximate surface area is 128 Å². The van der Waals surface area contributed by atoms with E-state index in [4.69, 9.17) is 9.47 Å². The number of morpholine rings is 1. The van der Waals surface area contributed by atoms with Gasteiger partial charge in [0.05, 0.1) is 12.7 Å². The molecule has 1 aliphatic rings. The summed E-state index contributed by atoms with van der Waals surface area (Å²) < 4.78 is 10.2. The van der Waals surface area contributed by atoms with Crippen molar-refractivity contribution >= 4 is 11.9 Å². The summed E-state index contributed by atoms with van der Waals surface area (Å²) >= 11 is 0. The fourth-order valence-corrected chi connectivity index (χ4v) is 2.19. The van der Waals surface area contributed by atoms with E-state index >= 15 is 0 Å². The molecule has 0 aliphatic carbocycles. The molecule has 1 saturated heterocycles. The molecule has 0 aromatic heterocycles. The summed E-state index contributed by atoms with van der Waals surface area (Å²) in [5.41, 5.74) is 0.263. The Balaban J connectivity index is 1.95. The van der Waals surface area contributed by atoms with Crippen molar-refractivity contribution in [1.29, 1.82) is 0 Å². The molecule has 22 heavy (non-hydrogen) atoms. The van der Waals surface area contributed by atoms with Gasteiger partial charge in [0.1, 0.15) is 5.56 Å². The predicted octanol–water partition coefficient (Wildman–Crippen LogP) is 0.810. The molecule has 1 fully saturated rings. The van der Waals surface area contributed by atoms with E-state index in [1.165, 1.54) is 12.1 Å². The van der Waals surface area contributed by atoms with Gasteiger partial charge in [-0.3, -0.25) is 4.79 Å². The summed E-state index contributed by atoms with van der Waals surface area (Å²) in [5.74, 6) is -2.10. The van der Waals surface area contributed by atoms with Gasteiger partial charge in [-0.2, -0.15) is 0 Å². The maximum atomic E-state index is 12.0. The zero-order chi connectivity index (χ0) is 16.3. The fraction of sp³-hybridized carbons (Fsp3) is 0.467. The maximum Gasteiger partial charge on any atom is 0.342 e. The predicted molar refractivity (Wildman–Crippen MR) is 76.8 cm³/mol. The molecular formula is C15H19NO6. The zero-order valence-corrected chi connectivity index (χ0v) is 12.5. The lowest BCUT2D eigenvalue weighted by Crippen LogP contribution is -2.46. The van der Waals surface area contributed by atoms with Crippen molar-refractivity contribution in [2.75, 3.05) is 26.3 Å². The minimum Gasteiger partial charge on any atom is -0.504 e. The minimum absolute atomic E-state index is 0.0495. The molecule has 7 nitrogen and oxygen atoms in total. The number of aryl methyl sites for hydroxylation is 1. The standard InChI is InChI=1S/C15H19NO6/c1-9-3-4-11(14(19)13(9)18)15(20)22-8-12(17)16-5-6-21-10(2)7-16/h3-4,10,18-19H,5-8H2,1-2H3. The van der Waals surface area contributed by atoms with Crippen LogP contribution >= 0.6 is 0 Å². The van der Waals surface area contributed by atoms with Crippen molar-refractivity contribution in [2.45, 2.75) is 20.0 Å². The summed E-state index contributed by atoms with van der Waals surface area (Å²) in [6.07, 6.45) is -0.0495. The third-order valence-electron chi connectivity index (χ3n) is 3.49. The van der Waals surface area contributed by atoms with E-state index in [0.717, 1.165) is 0 Å². The van der Waals surface area contributed by atoms with Crippen LogP contribution in [0.1, 0.15) is 22.8 Å². The molecule has 2 N–H and O–H groups in total. The van der Waals surface area contributed by atoms with E-state index in [1.807, 2.05) is 6.92 Å². The Morgan fingerprint density at radius 3 is 2.77 bits per heavy atom. The van der Waals surface area contributed by atoms with Crippen LogP contribution in [0.5, 0.6) is 11.5 Å². The highest BCUT2D eigenvalue weighted by molar-refractivity contribution is 5.95. The average molecular weight is 309 g/mol. The minimum atomic E-state index is -0.859. The van der Waals surface area contributed by atoms with Gasteiger partial charge in [-0.1, -0.05) is 6.07 Å². The van der Waals surface area contributed by atoms with Crippen LogP contribution in [0.2, 0.25) is 0 Å². The van der Waals surface area contributed by atoms with Crippen LogP contribution in [0.3, 0.4) is 0 Å². The highest BCUT2D eigenvalue weighted by Gasteiger charge is 2.23. The van der Waals surface area contributed by atoms with E-state index in [2.05, 4.69) is 0 Å². The molecule has 0 saturated carbocycles. The van der Waals surface area contributed by atoms with Gasteiger partial charge < -0.3 is 24.6 Å². The first kappa shape index (κ1) is 16.1. The van der Waals surface area contributed by atoms with Crippen LogP contribution in [0.15, 0.2) is 12.1 Å². The first-order valence-electron chi connectivity index (χ1n) is 6.98. The van der Waals surface area contributed by atoms with Gasteiger partial charge in [-0.25, -0.2) is 4.79 Å². The van der Waals surface area contributed by atoms with E-state index in [0.29, 0.717) is 25.3 Å². The van der Waals surface area contributed by atoms with Crippen molar-refractivity contribution < 1.29 is 29.3 Å². The summed E-state index contributed by atoms with van der Waals surface area (Å²) in [6, 6.07) is 2.82. The van der Waals surface area contributed by atoms with Crippen molar-refractivity contribution in [1.82, 2.24) is 4.90 Å². The van der Waals surface area contributed by atoms with Crippen molar-refractivity contribution in [3.05, 3.63) is 23.3 Å². The van der Waals surface area contributed by atoms with Gasteiger partial charge in [0.2, 0.25) is 0 Å². The molecule has 1 amide bonds. The molecule has 120 valence electrons. The first-order valence-corrected chi connectivity index (χ1v) is 6.98. The second-order valence-electron chi connectivity index (χ2n) is 5.22. The van der Waals surface area contributed by atoms with Crippen molar-refractivity contribution in [2.24, 2.45) is 0 Å². The maximum absolute atomic E-state index is 12.0. The first-order chi connectivity index (χ1) is 10.4. The molecule has 0 radical (unpaired) electrons. The highest BCUT2D eigenvalue weighted by atomic mass is 16.5. The lowest BCUT2D eigenvalue weighted by molar-refractivity contribution is -0.141. The Bertz CT molecular complexity index is 586. The van der Waals surface area contributed by atoms with Gasteiger partial charge in [0, 0.05) is 13.1 Å². The quantitative estimate of drug-likeness (QED) is 0.633. The number of hydrogen-bond donors (Lipinski definition) is 2. The van der Waals surface area contributed by atoms with Crippen LogP contribution < -0.4 is 0 Å². The Morgan fingerprint density at radius 1 is 1.36 bits per heavy atom. The number of ether oxygens (including phenoxy) is 2. The number of hydrogen-bond acceptors (Lipinski definition) is 6. The molecule has 1 aromatic rings. The molecule has 7 heteroatoms. The van der Waals surface area contributed by atoms with Crippen LogP contribution in [0.25, 0.3) is 0 Å². The van der Waals surface area contributed by atoms with E-state index in [9.17, 15) is 19.8 Å². The van der Waals surface area contributed by atoms with Gasteiger partial charge in [-0.05, 0) is 25.5 Å². The van der Waals surface area contributed by atoms with Crippen LogP contribution in [0, 0.1) is 6.92 Å². The van der Waals surface area contributed by atoms with Gasteiger partial charge >= 0.3 is 5.97 Å². The molecule has 0 bridgehead atoms. The van der Waals surface area contributed by atoms with E-state index in [-0.39, 0.29) is 23.3 Å². The van der Waals surface area contributed by atoms with Gasteiger partial charge in [0.25, 0.3) is 5.91 Å². The molecule has 1 heterocycles. The number of amides is 1. The Kier molecular flexibility index (Phi) is 4.87. The molecule has 1 aromatic carbocycles. The molecule has 1 unspecified atom stereocenters. The highest BCUT2D eigenvalue weighted by Crippen LogP contribution is 2.32. The number of benzene rings is 1. The van der Waals surface area contributed by atoms with Gasteiger partial charge in [0.15, 0.2) is 18.1 Å². The zero-order valence-electron chi connectivity index (χ0n) is 12.5. The molecule has 1 aliphatic heterocycles. The summed E-state index contributed by atoms with van der Waals surface area (Å²) in [4.78, 5) is 25.4. The SMILES string of the molecule is Cc1ccc(C(=O)OCC(=O)N2CCOC(C)C2)c(O)c1O. The summed E-state index contributed by atoms with van der Waals surface area (Å²) in [5, 5.41) is 19.3. The number of phenolic OH excluding ortho intramolecular Hbond substituents is 2. The Hall–Kier alpha value is -2.28. The number of phenols is 2. The number of carbonyl (C=O) groups excluding carboxylic acids is 2. The second-order valence-corrected chi connectivity index (χ2v) is 5.22. The van der Waals surface area contributed by atoms with E-state index in [1.54, 1.807) is 11.8 Å². The summed E-state index contributed by atoms with van der Waals surface area (Å²) in [7, 11) is 0. The fourth-order valence-electron chi connectivity index (χ4n) is 2.19.